The second-order valence-corrected chi connectivity index (χ2v) is 5.22. The number of hydrogen-bond acceptors (Lipinski definition) is 1. The van der Waals surface area contributed by atoms with Gasteiger partial charge in [-0.25, -0.2) is 0 Å². The van der Waals surface area contributed by atoms with Crippen LogP contribution in [-0.4, -0.2) is 13.1 Å². The molecule has 1 unspecified atom stereocenters. The van der Waals surface area contributed by atoms with Gasteiger partial charge in [0, 0.05) is 6.04 Å². The highest BCUT2D eigenvalue weighted by atomic mass is 14.9. The van der Waals surface area contributed by atoms with Crippen molar-refractivity contribution in [3.8, 4) is 0 Å². The summed E-state index contributed by atoms with van der Waals surface area (Å²) in [6, 6.07) is 7.47. The molecule has 0 aliphatic heterocycles. The molecular formula is C15H23N. The first kappa shape index (κ1) is 11.7. The summed E-state index contributed by atoms with van der Waals surface area (Å²) in [6.45, 7) is 4.41. The van der Waals surface area contributed by atoms with Crippen molar-refractivity contribution in [3.63, 3.8) is 0 Å². The molecule has 1 fully saturated rings. The Morgan fingerprint density at radius 1 is 1.31 bits per heavy atom. The van der Waals surface area contributed by atoms with E-state index in [1.54, 1.807) is 0 Å². The van der Waals surface area contributed by atoms with E-state index >= 15 is 0 Å². The molecular weight excluding hydrogens is 194 g/mol. The van der Waals surface area contributed by atoms with E-state index in [1.807, 2.05) is 0 Å². The van der Waals surface area contributed by atoms with E-state index in [1.165, 1.54) is 42.4 Å². The molecule has 1 atom stereocenters. The van der Waals surface area contributed by atoms with Gasteiger partial charge in [0.2, 0.25) is 0 Å². The summed E-state index contributed by atoms with van der Waals surface area (Å²) in [5.41, 5.74) is 4.33. The third-order valence-corrected chi connectivity index (χ3v) is 4.03. The SMILES string of the molecule is CNC(Cc1cc(C)ccc1C)C1CCC1. The molecule has 1 aromatic carbocycles. The van der Waals surface area contributed by atoms with E-state index < -0.39 is 0 Å². The van der Waals surface area contributed by atoms with Crippen molar-refractivity contribution in [1.82, 2.24) is 5.32 Å². The summed E-state index contributed by atoms with van der Waals surface area (Å²) < 4.78 is 0. The first-order valence-corrected chi connectivity index (χ1v) is 6.44. The maximum absolute atomic E-state index is 3.50. The highest BCUT2D eigenvalue weighted by Gasteiger charge is 2.26. The minimum absolute atomic E-state index is 0.675. The zero-order valence-electron chi connectivity index (χ0n) is 10.7. The second kappa shape index (κ2) is 5.01. The minimum atomic E-state index is 0.675. The van der Waals surface area contributed by atoms with Crippen LogP contribution in [0.1, 0.15) is 36.0 Å². The molecule has 0 aromatic heterocycles. The Bertz CT molecular complexity index is 352. The molecule has 0 saturated heterocycles. The summed E-state index contributed by atoms with van der Waals surface area (Å²) in [4.78, 5) is 0. The third kappa shape index (κ3) is 2.46. The Labute approximate surface area is 99.3 Å². The average Bonchev–Trinajstić information content (AvgIpc) is 2.19. The van der Waals surface area contributed by atoms with Crippen LogP contribution >= 0.6 is 0 Å². The topological polar surface area (TPSA) is 12.0 Å². The number of benzene rings is 1. The lowest BCUT2D eigenvalue weighted by Crippen LogP contribution is -2.39. The smallest absolute Gasteiger partial charge is 0.0133 e. The highest BCUT2D eigenvalue weighted by molar-refractivity contribution is 5.31. The van der Waals surface area contributed by atoms with Gasteiger partial charge in [0.15, 0.2) is 0 Å². The molecule has 0 spiro atoms. The molecule has 16 heavy (non-hydrogen) atoms. The van der Waals surface area contributed by atoms with Crippen molar-refractivity contribution in [2.75, 3.05) is 7.05 Å². The summed E-state index contributed by atoms with van der Waals surface area (Å²) in [5, 5.41) is 3.50. The Kier molecular flexibility index (Phi) is 3.65. The summed E-state index contributed by atoms with van der Waals surface area (Å²) >= 11 is 0. The van der Waals surface area contributed by atoms with Gasteiger partial charge in [-0.05, 0) is 57.2 Å². The van der Waals surface area contributed by atoms with Crippen LogP contribution in [0.3, 0.4) is 0 Å². The maximum Gasteiger partial charge on any atom is 0.0133 e. The van der Waals surface area contributed by atoms with Crippen molar-refractivity contribution < 1.29 is 0 Å². The molecule has 0 amide bonds. The summed E-state index contributed by atoms with van der Waals surface area (Å²) in [5.74, 6) is 0.907. The predicted octanol–water partition coefficient (Wildman–Crippen LogP) is 3.23. The van der Waals surface area contributed by atoms with Crippen LogP contribution in [0.25, 0.3) is 0 Å². The van der Waals surface area contributed by atoms with Crippen molar-refractivity contribution >= 4 is 0 Å². The van der Waals surface area contributed by atoms with Gasteiger partial charge in [0.1, 0.15) is 0 Å². The van der Waals surface area contributed by atoms with E-state index in [0.29, 0.717) is 6.04 Å². The first-order chi connectivity index (χ1) is 7.70. The Morgan fingerprint density at radius 3 is 2.62 bits per heavy atom. The van der Waals surface area contributed by atoms with Crippen LogP contribution in [0.2, 0.25) is 0 Å². The lowest BCUT2D eigenvalue weighted by atomic mass is 9.77. The molecule has 1 aliphatic carbocycles. The van der Waals surface area contributed by atoms with Gasteiger partial charge in [0.05, 0.1) is 0 Å². The summed E-state index contributed by atoms with van der Waals surface area (Å²) in [6.07, 6.45) is 5.44. The van der Waals surface area contributed by atoms with Crippen LogP contribution in [0.4, 0.5) is 0 Å². The van der Waals surface area contributed by atoms with Crippen molar-refractivity contribution in [2.45, 2.75) is 45.6 Å². The van der Waals surface area contributed by atoms with Crippen LogP contribution < -0.4 is 5.32 Å². The van der Waals surface area contributed by atoms with Crippen LogP contribution in [-0.2, 0) is 6.42 Å². The molecule has 0 radical (unpaired) electrons. The Hall–Kier alpha value is -0.820. The van der Waals surface area contributed by atoms with Gasteiger partial charge in [-0.1, -0.05) is 30.2 Å². The number of likely N-dealkylation sites (N-methyl/N-ethyl adjacent to an activating group) is 1. The quantitative estimate of drug-likeness (QED) is 0.816. The molecule has 1 N–H and O–H groups in total. The molecule has 1 heteroatoms. The van der Waals surface area contributed by atoms with E-state index in [4.69, 9.17) is 0 Å². The lowest BCUT2D eigenvalue weighted by molar-refractivity contribution is 0.235. The van der Waals surface area contributed by atoms with E-state index in [-0.39, 0.29) is 0 Å². The summed E-state index contributed by atoms with van der Waals surface area (Å²) in [7, 11) is 2.11. The van der Waals surface area contributed by atoms with Gasteiger partial charge < -0.3 is 5.32 Å². The Balaban J connectivity index is 2.08. The van der Waals surface area contributed by atoms with E-state index in [0.717, 1.165) is 5.92 Å². The number of hydrogen-bond donors (Lipinski definition) is 1. The highest BCUT2D eigenvalue weighted by Crippen LogP contribution is 2.31. The predicted molar refractivity (Wildman–Crippen MR) is 69.8 cm³/mol. The molecule has 1 saturated carbocycles. The Morgan fingerprint density at radius 2 is 2.06 bits per heavy atom. The standard InChI is InChI=1S/C15H23N/c1-11-7-8-12(2)14(9-11)10-15(16-3)13-5-4-6-13/h7-9,13,15-16H,4-6,10H2,1-3H3. The van der Waals surface area contributed by atoms with Gasteiger partial charge in [-0.15, -0.1) is 0 Å². The maximum atomic E-state index is 3.50. The number of nitrogens with one attached hydrogen (secondary N) is 1. The molecule has 0 bridgehead atoms. The molecule has 0 heterocycles. The zero-order valence-corrected chi connectivity index (χ0v) is 10.7. The van der Waals surface area contributed by atoms with Crippen molar-refractivity contribution in [2.24, 2.45) is 5.92 Å². The molecule has 1 aromatic rings. The average molecular weight is 217 g/mol. The van der Waals surface area contributed by atoms with E-state index in [2.05, 4.69) is 44.4 Å². The second-order valence-electron chi connectivity index (χ2n) is 5.22. The van der Waals surface area contributed by atoms with E-state index in [9.17, 15) is 0 Å². The van der Waals surface area contributed by atoms with Gasteiger partial charge in [0.25, 0.3) is 0 Å². The molecule has 1 aliphatic rings. The van der Waals surface area contributed by atoms with Gasteiger partial charge in [-0.2, -0.15) is 0 Å². The zero-order chi connectivity index (χ0) is 11.5. The minimum Gasteiger partial charge on any atom is -0.316 e. The molecule has 2 rings (SSSR count). The van der Waals surface area contributed by atoms with Crippen LogP contribution in [0, 0.1) is 19.8 Å². The first-order valence-electron chi connectivity index (χ1n) is 6.44. The van der Waals surface area contributed by atoms with Crippen molar-refractivity contribution in [1.29, 1.82) is 0 Å². The normalized spacial score (nSPS) is 18.2. The molecule has 88 valence electrons. The largest absolute Gasteiger partial charge is 0.316 e. The fraction of sp³-hybridized carbons (Fsp3) is 0.600. The fourth-order valence-electron chi connectivity index (χ4n) is 2.60. The monoisotopic (exact) mass is 217 g/mol. The van der Waals surface area contributed by atoms with Crippen molar-refractivity contribution in [3.05, 3.63) is 34.9 Å². The lowest BCUT2D eigenvalue weighted by Gasteiger charge is -2.34. The third-order valence-electron chi connectivity index (χ3n) is 4.03. The number of rotatable bonds is 4. The number of aryl methyl sites for hydroxylation is 2. The van der Waals surface area contributed by atoms with Crippen LogP contribution in [0.5, 0.6) is 0 Å². The van der Waals surface area contributed by atoms with Gasteiger partial charge >= 0.3 is 0 Å². The fourth-order valence-corrected chi connectivity index (χ4v) is 2.60. The molecule has 1 nitrogen and oxygen atoms in total. The van der Waals surface area contributed by atoms with Gasteiger partial charge in [-0.3, -0.25) is 0 Å². The van der Waals surface area contributed by atoms with Crippen LogP contribution in [0.15, 0.2) is 18.2 Å².